The molecule has 0 amide bonds. The molecule has 1 aromatic rings. The minimum absolute atomic E-state index is 0.650. The predicted octanol–water partition coefficient (Wildman–Crippen LogP) is 1.28. The van der Waals surface area contributed by atoms with E-state index in [9.17, 15) is 0 Å². The number of nitrogens with one attached hydrogen (secondary N) is 1. The number of aromatic amines is 1. The van der Waals surface area contributed by atoms with Gasteiger partial charge in [-0.2, -0.15) is 0 Å². The van der Waals surface area contributed by atoms with Gasteiger partial charge in [0, 0.05) is 6.42 Å². The Kier molecular flexibility index (Phi) is 3.12. The van der Waals surface area contributed by atoms with Gasteiger partial charge in [-0.1, -0.05) is 0 Å². The van der Waals surface area contributed by atoms with Gasteiger partial charge in [0.25, 0.3) is 0 Å². The minimum atomic E-state index is 0.650. The van der Waals surface area contributed by atoms with Crippen LogP contribution in [0.3, 0.4) is 0 Å². The van der Waals surface area contributed by atoms with Crippen molar-refractivity contribution in [3.63, 3.8) is 0 Å². The number of rotatable bonds is 2. The fourth-order valence-electron chi connectivity index (χ4n) is 0.668. The third-order valence-corrected chi connectivity index (χ3v) is 2.26. The largest absolute Gasteiger partial charge is 0.336 e. The van der Waals surface area contributed by atoms with Gasteiger partial charge in [-0.25, -0.2) is 4.98 Å². The van der Waals surface area contributed by atoms with Crippen molar-refractivity contribution in [1.82, 2.24) is 9.97 Å². The first kappa shape index (κ1) is 8.48. The first-order valence-corrected chi connectivity index (χ1v) is 4.71. The number of nitrogens with two attached hydrogens (primary N) is 1. The van der Waals surface area contributed by atoms with Crippen LogP contribution in [-0.4, -0.2) is 16.5 Å². The molecule has 3 nitrogen and oxygen atoms in total. The Morgan fingerprint density at radius 2 is 2.40 bits per heavy atom. The highest BCUT2D eigenvalue weighted by Gasteiger charge is 2.03. The maximum Gasteiger partial charge on any atom is 0.170 e. The molecule has 0 fully saturated rings. The standard InChI is InChI=1S/C5H7BrIN3/c6-4-3(1-2-8)9-5(7)10-4/h1-2,8H2,(H,9,10). The Bertz CT molecular complexity index is 223. The van der Waals surface area contributed by atoms with E-state index >= 15 is 0 Å². The van der Waals surface area contributed by atoms with Crippen molar-refractivity contribution >= 4 is 38.5 Å². The Hall–Kier alpha value is 0.380. The summed E-state index contributed by atoms with van der Waals surface area (Å²) in [7, 11) is 0. The second-order valence-corrected chi connectivity index (χ2v) is 3.61. The van der Waals surface area contributed by atoms with Crippen molar-refractivity contribution < 1.29 is 0 Å². The molecule has 0 radical (unpaired) electrons. The summed E-state index contributed by atoms with van der Waals surface area (Å²) in [5, 5.41) is 0. The molecule has 0 atom stereocenters. The molecule has 0 aliphatic heterocycles. The number of imidazole rings is 1. The molecular formula is C5H7BrIN3. The predicted molar refractivity (Wildman–Crippen MR) is 51.8 cm³/mol. The van der Waals surface area contributed by atoms with Gasteiger partial charge in [-0.05, 0) is 45.1 Å². The molecule has 0 bridgehead atoms. The maximum absolute atomic E-state index is 5.37. The van der Waals surface area contributed by atoms with Crippen molar-refractivity contribution in [2.24, 2.45) is 5.73 Å². The Balaban J connectivity index is 2.81. The van der Waals surface area contributed by atoms with Crippen molar-refractivity contribution in [2.75, 3.05) is 6.54 Å². The number of hydrogen-bond donors (Lipinski definition) is 2. The number of hydrogen-bond acceptors (Lipinski definition) is 2. The second-order valence-electron chi connectivity index (χ2n) is 1.84. The lowest BCUT2D eigenvalue weighted by molar-refractivity contribution is 0.926. The van der Waals surface area contributed by atoms with Gasteiger partial charge in [-0.15, -0.1) is 0 Å². The van der Waals surface area contributed by atoms with Crippen LogP contribution in [0.4, 0.5) is 0 Å². The number of halogens is 2. The van der Waals surface area contributed by atoms with Crippen LogP contribution in [-0.2, 0) is 6.42 Å². The van der Waals surface area contributed by atoms with Crippen LogP contribution in [0.25, 0.3) is 0 Å². The van der Waals surface area contributed by atoms with Crippen LogP contribution in [0.5, 0.6) is 0 Å². The highest BCUT2D eigenvalue weighted by molar-refractivity contribution is 14.1. The van der Waals surface area contributed by atoms with Gasteiger partial charge in [0.05, 0.1) is 5.69 Å². The highest BCUT2D eigenvalue weighted by atomic mass is 127. The van der Waals surface area contributed by atoms with Crippen LogP contribution in [0, 0.1) is 3.83 Å². The van der Waals surface area contributed by atoms with E-state index < -0.39 is 0 Å². The molecule has 0 saturated heterocycles. The first-order chi connectivity index (χ1) is 4.74. The van der Waals surface area contributed by atoms with Crippen molar-refractivity contribution in [3.8, 4) is 0 Å². The quantitative estimate of drug-likeness (QED) is 0.808. The van der Waals surface area contributed by atoms with E-state index in [1.807, 2.05) is 0 Å². The van der Waals surface area contributed by atoms with Gasteiger partial charge in [0.2, 0.25) is 0 Å². The van der Waals surface area contributed by atoms with Crippen molar-refractivity contribution in [3.05, 3.63) is 14.1 Å². The fraction of sp³-hybridized carbons (Fsp3) is 0.400. The summed E-state index contributed by atoms with van der Waals surface area (Å²) in [5.74, 6) is 0. The van der Waals surface area contributed by atoms with Gasteiger partial charge in [-0.3, -0.25) is 0 Å². The van der Waals surface area contributed by atoms with Gasteiger partial charge >= 0.3 is 0 Å². The minimum Gasteiger partial charge on any atom is -0.336 e. The molecule has 1 rings (SSSR count). The van der Waals surface area contributed by atoms with E-state index in [0.717, 1.165) is 20.5 Å². The molecule has 0 aromatic carbocycles. The average Bonchev–Trinajstić information content (AvgIpc) is 2.13. The lowest BCUT2D eigenvalue weighted by Gasteiger charge is -1.90. The van der Waals surface area contributed by atoms with Crippen molar-refractivity contribution in [1.29, 1.82) is 0 Å². The topological polar surface area (TPSA) is 54.7 Å². The van der Waals surface area contributed by atoms with E-state index in [-0.39, 0.29) is 0 Å². The summed E-state index contributed by atoms with van der Waals surface area (Å²) in [4.78, 5) is 7.22. The highest BCUT2D eigenvalue weighted by Crippen LogP contribution is 2.14. The zero-order chi connectivity index (χ0) is 7.56. The van der Waals surface area contributed by atoms with Gasteiger partial charge in [0.1, 0.15) is 4.60 Å². The van der Waals surface area contributed by atoms with E-state index in [2.05, 4.69) is 48.5 Å². The molecule has 10 heavy (non-hydrogen) atoms. The molecule has 0 aliphatic carbocycles. The lowest BCUT2D eigenvalue weighted by atomic mass is 10.3. The fourth-order valence-corrected chi connectivity index (χ4v) is 2.04. The summed E-state index contributed by atoms with van der Waals surface area (Å²) in [6, 6.07) is 0. The van der Waals surface area contributed by atoms with Crippen molar-refractivity contribution in [2.45, 2.75) is 6.42 Å². The van der Waals surface area contributed by atoms with E-state index in [4.69, 9.17) is 5.73 Å². The molecule has 0 saturated carbocycles. The first-order valence-electron chi connectivity index (χ1n) is 2.84. The summed E-state index contributed by atoms with van der Waals surface area (Å²) in [6.07, 6.45) is 0.844. The lowest BCUT2D eigenvalue weighted by Crippen LogP contribution is -2.03. The number of nitrogens with zero attached hydrogens (tertiary/aromatic N) is 1. The summed E-state index contributed by atoms with van der Waals surface area (Å²) in [6.45, 7) is 0.650. The zero-order valence-electron chi connectivity index (χ0n) is 5.19. The molecule has 0 unspecified atom stereocenters. The Labute approximate surface area is 81.1 Å². The smallest absolute Gasteiger partial charge is 0.170 e. The van der Waals surface area contributed by atoms with Crippen LogP contribution in [0.1, 0.15) is 5.69 Å². The van der Waals surface area contributed by atoms with E-state index in [1.165, 1.54) is 0 Å². The number of aromatic nitrogens is 2. The molecule has 0 aliphatic rings. The average molecular weight is 316 g/mol. The third-order valence-electron chi connectivity index (χ3n) is 1.09. The van der Waals surface area contributed by atoms with Crippen LogP contribution >= 0.6 is 38.5 Å². The molecule has 0 spiro atoms. The molecule has 5 heteroatoms. The summed E-state index contributed by atoms with van der Waals surface area (Å²) in [5.41, 5.74) is 6.44. The molecule has 3 N–H and O–H groups in total. The van der Waals surface area contributed by atoms with Crippen LogP contribution in [0.2, 0.25) is 0 Å². The maximum atomic E-state index is 5.37. The van der Waals surface area contributed by atoms with Gasteiger partial charge in [0.15, 0.2) is 3.83 Å². The molecular weight excluding hydrogens is 309 g/mol. The van der Waals surface area contributed by atoms with E-state index in [0.29, 0.717) is 6.54 Å². The SMILES string of the molecule is NCCc1[nH]c(I)nc1Br. The Morgan fingerprint density at radius 1 is 1.70 bits per heavy atom. The normalized spacial score (nSPS) is 10.3. The van der Waals surface area contributed by atoms with Crippen LogP contribution < -0.4 is 5.73 Å². The second kappa shape index (κ2) is 3.68. The molecule has 56 valence electrons. The zero-order valence-corrected chi connectivity index (χ0v) is 8.94. The monoisotopic (exact) mass is 315 g/mol. The summed E-state index contributed by atoms with van der Waals surface area (Å²) >= 11 is 5.44. The van der Waals surface area contributed by atoms with E-state index in [1.54, 1.807) is 0 Å². The molecule has 1 heterocycles. The third kappa shape index (κ3) is 1.93. The number of H-pyrrole nitrogens is 1. The van der Waals surface area contributed by atoms with Crippen LogP contribution in [0.15, 0.2) is 4.60 Å². The Morgan fingerprint density at radius 3 is 2.80 bits per heavy atom. The van der Waals surface area contributed by atoms with Gasteiger partial charge < -0.3 is 10.7 Å². The molecule has 1 aromatic heterocycles. The summed E-state index contributed by atoms with van der Waals surface area (Å²) < 4.78 is 1.77.